The zero-order chi connectivity index (χ0) is 21.1. The highest BCUT2D eigenvalue weighted by atomic mass is 32.1. The standard InChI is InChI=1S/C21H20FN3O3S/c1-13-19(14-4-8-16(22)9-5-14)25(21(28)29-13)12-18(26)23-17-10-6-15(7-11-17)20(27)24(2)3/h4-11H,12H2,1-3H3,(H,23,26). The van der Waals surface area contributed by atoms with Crippen molar-refractivity contribution in [3.05, 3.63) is 74.5 Å². The molecule has 0 spiro atoms. The van der Waals surface area contributed by atoms with E-state index in [4.69, 9.17) is 0 Å². The lowest BCUT2D eigenvalue weighted by molar-refractivity contribution is -0.116. The molecule has 0 radical (unpaired) electrons. The Bertz CT molecular complexity index is 1100. The number of benzene rings is 2. The number of thiazole rings is 1. The van der Waals surface area contributed by atoms with Gasteiger partial charge in [-0.1, -0.05) is 11.3 Å². The van der Waals surface area contributed by atoms with Gasteiger partial charge < -0.3 is 10.2 Å². The van der Waals surface area contributed by atoms with Gasteiger partial charge in [0.1, 0.15) is 12.4 Å². The molecule has 1 heterocycles. The van der Waals surface area contributed by atoms with E-state index in [0.29, 0.717) is 22.5 Å². The van der Waals surface area contributed by atoms with Crippen LogP contribution in [-0.2, 0) is 11.3 Å². The molecule has 0 unspecified atom stereocenters. The van der Waals surface area contributed by atoms with Crippen molar-refractivity contribution in [1.29, 1.82) is 0 Å². The first kappa shape index (κ1) is 20.5. The van der Waals surface area contributed by atoms with Crippen LogP contribution in [-0.4, -0.2) is 35.4 Å². The van der Waals surface area contributed by atoms with E-state index in [-0.39, 0.29) is 29.0 Å². The summed E-state index contributed by atoms with van der Waals surface area (Å²) in [7, 11) is 3.33. The van der Waals surface area contributed by atoms with Gasteiger partial charge >= 0.3 is 4.87 Å². The summed E-state index contributed by atoms with van der Waals surface area (Å²) in [6.45, 7) is 1.62. The summed E-state index contributed by atoms with van der Waals surface area (Å²) in [6, 6.07) is 12.3. The molecule has 8 heteroatoms. The number of aryl methyl sites for hydroxylation is 1. The van der Waals surface area contributed by atoms with Crippen molar-refractivity contribution in [2.24, 2.45) is 0 Å². The minimum Gasteiger partial charge on any atom is -0.345 e. The highest BCUT2D eigenvalue weighted by molar-refractivity contribution is 7.09. The number of hydrogen-bond donors (Lipinski definition) is 1. The molecule has 3 rings (SSSR count). The average molecular weight is 413 g/mol. The van der Waals surface area contributed by atoms with Crippen LogP contribution in [0, 0.1) is 12.7 Å². The molecule has 0 saturated heterocycles. The lowest BCUT2D eigenvalue weighted by Crippen LogP contribution is -2.25. The van der Waals surface area contributed by atoms with E-state index in [1.807, 2.05) is 0 Å². The maximum atomic E-state index is 13.2. The highest BCUT2D eigenvalue weighted by Gasteiger charge is 2.17. The second-order valence-electron chi connectivity index (χ2n) is 6.69. The number of hydrogen-bond acceptors (Lipinski definition) is 4. The summed E-state index contributed by atoms with van der Waals surface area (Å²) in [4.78, 5) is 38.8. The number of anilines is 1. The van der Waals surface area contributed by atoms with Gasteiger partial charge in [-0.05, 0) is 61.0 Å². The predicted molar refractivity (Wildman–Crippen MR) is 112 cm³/mol. The first-order valence-corrected chi connectivity index (χ1v) is 9.65. The maximum absolute atomic E-state index is 13.2. The third-order valence-corrected chi connectivity index (χ3v) is 5.20. The minimum atomic E-state index is -0.375. The van der Waals surface area contributed by atoms with Crippen LogP contribution in [0.3, 0.4) is 0 Å². The molecular formula is C21H20FN3O3S. The zero-order valence-corrected chi connectivity index (χ0v) is 17.0. The monoisotopic (exact) mass is 413 g/mol. The van der Waals surface area contributed by atoms with Gasteiger partial charge in [-0.15, -0.1) is 0 Å². The van der Waals surface area contributed by atoms with Gasteiger partial charge in [-0.25, -0.2) is 4.39 Å². The number of halogens is 1. The summed E-state index contributed by atoms with van der Waals surface area (Å²) < 4.78 is 14.6. The maximum Gasteiger partial charge on any atom is 0.308 e. The molecule has 2 amide bonds. The van der Waals surface area contributed by atoms with Gasteiger partial charge in [-0.2, -0.15) is 0 Å². The van der Waals surface area contributed by atoms with Crippen LogP contribution in [0.5, 0.6) is 0 Å². The lowest BCUT2D eigenvalue weighted by atomic mass is 10.1. The van der Waals surface area contributed by atoms with Crippen LogP contribution in [0.2, 0.25) is 0 Å². The van der Waals surface area contributed by atoms with Crippen molar-refractivity contribution < 1.29 is 14.0 Å². The van der Waals surface area contributed by atoms with E-state index in [2.05, 4.69) is 5.32 Å². The molecule has 0 atom stereocenters. The first-order chi connectivity index (χ1) is 13.8. The molecule has 2 aromatic carbocycles. The number of nitrogens with one attached hydrogen (secondary N) is 1. The van der Waals surface area contributed by atoms with Crippen LogP contribution in [0.25, 0.3) is 11.3 Å². The second-order valence-corrected chi connectivity index (χ2v) is 7.86. The van der Waals surface area contributed by atoms with Gasteiger partial charge in [0, 0.05) is 30.2 Å². The Morgan fingerprint density at radius 2 is 1.69 bits per heavy atom. The van der Waals surface area contributed by atoms with Crippen molar-refractivity contribution in [3.8, 4) is 11.3 Å². The summed E-state index contributed by atoms with van der Waals surface area (Å²) >= 11 is 1.04. The van der Waals surface area contributed by atoms with Gasteiger partial charge in [0.25, 0.3) is 5.91 Å². The number of rotatable bonds is 5. The van der Waals surface area contributed by atoms with E-state index in [9.17, 15) is 18.8 Å². The van der Waals surface area contributed by atoms with Crippen LogP contribution in [0.1, 0.15) is 15.2 Å². The molecule has 1 N–H and O–H groups in total. The van der Waals surface area contributed by atoms with E-state index in [0.717, 1.165) is 16.2 Å². The molecular weight excluding hydrogens is 393 g/mol. The number of carbonyl (C=O) groups excluding carboxylic acids is 2. The van der Waals surface area contributed by atoms with Crippen LogP contribution < -0.4 is 10.2 Å². The van der Waals surface area contributed by atoms with Gasteiger partial charge in [0.2, 0.25) is 5.91 Å². The normalized spacial score (nSPS) is 10.6. The SMILES string of the molecule is Cc1sc(=O)n(CC(=O)Nc2ccc(C(=O)N(C)C)cc2)c1-c1ccc(F)cc1. The summed E-state index contributed by atoms with van der Waals surface area (Å²) in [5.41, 5.74) is 2.30. The lowest BCUT2D eigenvalue weighted by Gasteiger charge is -2.12. The Balaban J connectivity index is 1.79. The summed E-state index contributed by atoms with van der Waals surface area (Å²) in [5.74, 6) is -0.878. The number of nitrogens with zero attached hydrogens (tertiary/aromatic N) is 2. The highest BCUT2D eigenvalue weighted by Crippen LogP contribution is 2.25. The van der Waals surface area contributed by atoms with Crippen molar-refractivity contribution >= 4 is 28.8 Å². The van der Waals surface area contributed by atoms with Gasteiger partial charge in [-0.3, -0.25) is 19.0 Å². The Morgan fingerprint density at radius 1 is 1.07 bits per heavy atom. The minimum absolute atomic E-state index is 0.132. The Labute approximate surface area is 171 Å². The van der Waals surface area contributed by atoms with Crippen LogP contribution in [0.4, 0.5) is 10.1 Å². The molecule has 150 valence electrons. The molecule has 6 nitrogen and oxygen atoms in total. The largest absolute Gasteiger partial charge is 0.345 e. The van der Waals surface area contributed by atoms with Gasteiger partial charge in [0.05, 0.1) is 5.69 Å². The first-order valence-electron chi connectivity index (χ1n) is 8.84. The number of carbonyl (C=O) groups is 2. The Kier molecular flexibility index (Phi) is 5.93. The van der Waals surface area contributed by atoms with Crippen molar-refractivity contribution in [2.45, 2.75) is 13.5 Å². The zero-order valence-electron chi connectivity index (χ0n) is 16.2. The van der Waals surface area contributed by atoms with Crippen molar-refractivity contribution in [1.82, 2.24) is 9.47 Å². The quantitative estimate of drug-likeness (QED) is 0.697. The molecule has 3 aromatic rings. The smallest absolute Gasteiger partial charge is 0.308 e. The molecule has 29 heavy (non-hydrogen) atoms. The van der Waals surface area contributed by atoms with E-state index in [1.165, 1.54) is 21.6 Å². The number of aromatic nitrogens is 1. The summed E-state index contributed by atoms with van der Waals surface area (Å²) in [5, 5.41) is 2.73. The second kappa shape index (κ2) is 8.40. The molecule has 0 bridgehead atoms. The third-order valence-electron chi connectivity index (χ3n) is 4.31. The topological polar surface area (TPSA) is 71.4 Å². The number of amides is 2. The molecule has 1 aromatic heterocycles. The third kappa shape index (κ3) is 4.60. The molecule has 0 aliphatic heterocycles. The van der Waals surface area contributed by atoms with Crippen molar-refractivity contribution in [3.63, 3.8) is 0 Å². The predicted octanol–water partition coefficient (Wildman–Crippen LogP) is 3.36. The molecule has 0 fully saturated rings. The fourth-order valence-corrected chi connectivity index (χ4v) is 3.78. The van der Waals surface area contributed by atoms with E-state index >= 15 is 0 Å². The fraction of sp³-hybridized carbons (Fsp3) is 0.190. The average Bonchev–Trinajstić information content (AvgIpc) is 2.95. The fourth-order valence-electron chi connectivity index (χ4n) is 2.92. The van der Waals surface area contributed by atoms with Crippen LogP contribution in [0.15, 0.2) is 53.3 Å². The molecule has 0 aliphatic rings. The van der Waals surface area contributed by atoms with Gasteiger partial charge in [0.15, 0.2) is 0 Å². The van der Waals surface area contributed by atoms with E-state index in [1.54, 1.807) is 57.4 Å². The Morgan fingerprint density at radius 3 is 2.28 bits per heavy atom. The van der Waals surface area contributed by atoms with E-state index < -0.39 is 0 Å². The Hall–Kier alpha value is -3.26. The van der Waals surface area contributed by atoms with Crippen molar-refractivity contribution in [2.75, 3.05) is 19.4 Å². The molecule has 0 saturated carbocycles. The summed E-state index contributed by atoms with van der Waals surface area (Å²) in [6.07, 6.45) is 0. The van der Waals surface area contributed by atoms with Crippen LogP contribution >= 0.6 is 11.3 Å². The molecule has 0 aliphatic carbocycles.